The van der Waals surface area contributed by atoms with E-state index in [1.807, 2.05) is 6.07 Å². The molecule has 1 aromatic carbocycles. The molecule has 0 aliphatic heterocycles. The molecule has 0 amide bonds. The van der Waals surface area contributed by atoms with Crippen LogP contribution in [0.3, 0.4) is 0 Å². The van der Waals surface area contributed by atoms with Gasteiger partial charge in [-0.15, -0.1) is 0 Å². The molecule has 0 fully saturated rings. The fourth-order valence-electron chi connectivity index (χ4n) is 2.46. The summed E-state index contributed by atoms with van der Waals surface area (Å²) < 4.78 is 0. The first kappa shape index (κ1) is 13.3. The van der Waals surface area contributed by atoms with Gasteiger partial charge >= 0.3 is 0 Å². The standard InChI is InChI=1S/C16H25/c1-4-6-13-16(14(3)10-5-2)15-11-8-7-9-12-15/h7-9,11,14,16H,4-6,10,13H2,1-3H3. The van der Waals surface area contributed by atoms with E-state index in [9.17, 15) is 0 Å². The van der Waals surface area contributed by atoms with E-state index in [0.717, 1.165) is 5.92 Å². The molecule has 0 saturated heterocycles. The molecule has 0 bridgehead atoms. The van der Waals surface area contributed by atoms with E-state index in [0.29, 0.717) is 5.92 Å². The van der Waals surface area contributed by atoms with Gasteiger partial charge in [0.15, 0.2) is 0 Å². The topological polar surface area (TPSA) is 0 Å². The maximum Gasteiger partial charge on any atom is -0.0130 e. The Labute approximate surface area is 101 Å². The van der Waals surface area contributed by atoms with Crippen molar-refractivity contribution in [1.82, 2.24) is 0 Å². The van der Waals surface area contributed by atoms with Gasteiger partial charge in [-0.2, -0.15) is 0 Å². The van der Waals surface area contributed by atoms with Crippen LogP contribution in [0.1, 0.15) is 64.4 Å². The Bertz CT molecular complexity index is 263. The zero-order chi connectivity index (χ0) is 11.8. The second kappa shape index (κ2) is 7.49. The second-order valence-corrected chi connectivity index (χ2v) is 4.83. The highest BCUT2D eigenvalue weighted by molar-refractivity contribution is 5.18. The Morgan fingerprint density at radius 3 is 2.50 bits per heavy atom. The van der Waals surface area contributed by atoms with Crippen LogP contribution in [0, 0.1) is 12.0 Å². The molecule has 89 valence electrons. The lowest BCUT2D eigenvalue weighted by Gasteiger charge is -2.24. The Balaban J connectivity index is 2.70. The number of hydrogen-bond donors (Lipinski definition) is 0. The van der Waals surface area contributed by atoms with Gasteiger partial charge < -0.3 is 0 Å². The van der Waals surface area contributed by atoms with Crippen LogP contribution in [0.15, 0.2) is 24.3 Å². The lowest BCUT2D eigenvalue weighted by Crippen LogP contribution is -2.10. The minimum atomic E-state index is 0.709. The zero-order valence-corrected chi connectivity index (χ0v) is 11.0. The van der Waals surface area contributed by atoms with Gasteiger partial charge in [-0.25, -0.2) is 0 Å². The fourth-order valence-corrected chi connectivity index (χ4v) is 2.46. The van der Waals surface area contributed by atoms with Crippen molar-refractivity contribution in [2.45, 2.75) is 58.8 Å². The van der Waals surface area contributed by atoms with Gasteiger partial charge in [0.2, 0.25) is 0 Å². The molecule has 0 nitrogen and oxygen atoms in total. The van der Waals surface area contributed by atoms with Crippen LogP contribution in [-0.2, 0) is 0 Å². The first-order chi connectivity index (χ1) is 7.79. The molecule has 0 heteroatoms. The van der Waals surface area contributed by atoms with Gasteiger partial charge in [-0.05, 0) is 29.9 Å². The summed E-state index contributed by atoms with van der Waals surface area (Å²) in [6.07, 6.45) is 6.57. The summed E-state index contributed by atoms with van der Waals surface area (Å²) in [5.74, 6) is 1.50. The molecular formula is C16H25. The van der Waals surface area contributed by atoms with E-state index in [2.05, 4.69) is 45.0 Å². The maximum absolute atomic E-state index is 3.42. The van der Waals surface area contributed by atoms with Gasteiger partial charge in [0.25, 0.3) is 0 Å². The van der Waals surface area contributed by atoms with Crippen molar-refractivity contribution in [3.63, 3.8) is 0 Å². The number of rotatable bonds is 7. The van der Waals surface area contributed by atoms with Gasteiger partial charge in [-0.3, -0.25) is 0 Å². The third-order valence-electron chi connectivity index (χ3n) is 3.43. The third-order valence-corrected chi connectivity index (χ3v) is 3.43. The van der Waals surface area contributed by atoms with Crippen molar-refractivity contribution in [1.29, 1.82) is 0 Å². The summed E-state index contributed by atoms with van der Waals surface area (Å²) in [5.41, 5.74) is 1.41. The van der Waals surface area contributed by atoms with E-state index >= 15 is 0 Å². The smallest absolute Gasteiger partial charge is 0.0130 e. The van der Waals surface area contributed by atoms with Crippen molar-refractivity contribution in [2.75, 3.05) is 0 Å². The molecule has 0 aliphatic rings. The lowest BCUT2D eigenvalue weighted by atomic mass is 9.81. The van der Waals surface area contributed by atoms with Crippen molar-refractivity contribution >= 4 is 0 Å². The van der Waals surface area contributed by atoms with E-state index in [4.69, 9.17) is 0 Å². The molecule has 0 spiro atoms. The van der Waals surface area contributed by atoms with Gasteiger partial charge in [0, 0.05) is 0 Å². The second-order valence-electron chi connectivity index (χ2n) is 4.83. The maximum atomic E-state index is 3.42. The molecule has 16 heavy (non-hydrogen) atoms. The van der Waals surface area contributed by atoms with Gasteiger partial charge in [-0.1, -0.05) is 70.7 Å². The average Bonchev–Trinajstić information content (AvgIpc) is 2.31. The summed E-state index contributed by atoms with van der Waals surface area (Å²) in [6, 6.07) is 11.9. The minimum Gasteiger partial charge on any atom is -0.0654 e. The molecule has 0 N–H and O–H groups in total. The van der Waals surface area contributed by atoms with Crippen LogP contribution < -0.4 is 0 Å². The Kier molecular flexibility index (Phi) is 6.22. The van der Waals surface area contributed by atoms with Crippen LogP contribution >= 0.6 is 0 Å². The molecule has 1 aromatic rings. The Morgan fingerprint density at radius 2 is 1.94 bits per heavy atom. The molecule has 0 aliphatic carbocycles. The molecule has 2 atom stereocenters. The average molecular weight is 217 g/mol. The van der Waals surface area contributed by atoms with E-state index < -0.39 is 0 Å². The monoisotopic (exact) mass is 217 g/mol. The molecule has 2 unspecified atom stereocenters. The van der Waals surface area contributed by atoms with E-state index in [-0.39, 0.29) is 0 Å². The van der Waals surface area contributed by atoms with E-state index in [1.54, 1.807) is 0 Å². The summed E-state index contributed by atoms with van der Waals surface area (Å²) >= 11 is 0. The number of unbranched alkanes of at least 4 members (excludes halogenated alkanes) is 1. The molecule has 0 aromatic heterocycles. The van der Waals surface area contributed by atoms with Gasteiger partial charge in [0.1, 0.15) is 0 Å². The summed E-state index contributed by atoms with van der Waals surface area (Å²) in [7, 11) is 0. The van der Waals surface area contributed by atoms with Crippen LogP contribution in [0.25, 0.3) is 0 Å². The summed E-state index contributed by atoms with van der Waals surface area (Å²) in [6.45, 7) is 6.95. The number of benzene rings is 1. The van der Waals surface area contributed by atoms with Crippen molar-refractivity contribution < 1.29 is 0 Å². The minimum absolute atomic E-state index is 0.709. The highest BCUT2D eigenvalue weighted by Gasteiger charge is 2.17. The van der Waals surface area contributed by atoms with Crippen molar-refractivity contribution in [2.24, 2.45) is 5.92 Å². The quantitative estimate of drug-likeness (QED) is 0.589. The predicted octanol–water partition coefficient (Wildman–Crippen LogP) is 5.20. The zero-order valence-electron chi connectivity index (χ0n) is 11.0. The fraction of sp³-hybridized carbons (Fsp3) is 0.625. The Morgan fingerprint density at radius 1 is 1.12 bits per heavy atom. The first-order valence-electron chi connectivity index (χ1n) is 6.76. The summed E-state index contributed by atoms with van der Waals surface area (Å²) in [4.78, 5) is 0. The Hall–Kier alpha value is -0.780. The van der Waals surface area contributed by atoms with Crippen LogP contribution in [0.4, 0.5) is 0 Å². The van der Waals surface area contributed by atoms with Crippen LogP contribution in [0.2, 0.25) is 0 Å². The summed E-state index contributed by atoms with van der Waals surface area (Å²) in [5, 5.41) is 0. The SMILES string of the molecule is CCCCC(c1[c]cccc1)C(C)CCC. The molecular weight excluding hydrogens is 192 g/mol. The number of hydrogen-bond acceptors (Lipinski definition) is 0. The van der Waals surface area contributed by atoms with Crippen LogP contribution in [-0.4, -0.2) is 0 Å². The molecule has 0 saturated carbocycles. The highest BCUT2D eigenvalue weighted by atomic mass is 14.2. The van der Waals surface area contributed by atoms with Crippen molar-refractivity contribution in [3.8, 4) is 0 Å². The highest BCUT2D eigenvalue weighted by Crippen LogP contribution is 2.32. The first-order valence-corrected chi connectivity index (χ1v) is 6.76. The van der Waals surface area contributed by atoms with Crippen LogP contribution in [0.5, 0.6) is 0 Å². The molecule has 0 heterocycles. The third kappa shape index (κ3) is 4.00. The normalized spacial score (nSPS) is 14.7. The lowest BCUT2D eigenvalue weighted by molar-refractivity contribution is 0.394. The molecule has 1 rings (SSSR count). The largest absolute Gasteiger partial charge is 0.0654 e. The molecule has 1 radical (unpaired) electrons. The van der Waals surface area contributed by atoms with Gasteiger partial charge in [0.05, 0.1) is 0 Å². The van der Waals surface area contributed by atoms with E-state index in [1.165, 1.54) is 37.7 Å². The van der Waals surface area contributed by atoms with Crippen molar-refractivity contribution in [3.05, 3.63) is 35.9 Å². The predicted molar refractivity (Wildman–Crippen MR) is 71.6 cm³/mol.